The van der Waals surface area contributed by atoms with Gasteiger partial charge in [0.2, 0.25) is 0 Å². The maximum absolute atomic E-state index is 11.3. The smallest absolute Gasteiger partial charge is 0.315 e. The number of hydrogen-bond donors (Lipinski definition) is 2. The molecule has 1 atom stereocenters. The van der Waals surface area contributed by atoms with Crippen molar-refractivity contribution in [1.29, 1.82) is 0 Å². The Balaban J connectivity index is 0.00000256. The highest BCUT2D eigenvalue weighted by atomic mass is 31.2. The number of hydrogen-bond acceptors (Lipinski definition) is 2. The third-order valence-electron chi connectivity index (χ3n) is 3.05. The Morgan fingerprint density at radius 1 is 1.41 bits per heavy atom. The maximum Gasteiger partial charge on any atom is 0.315 e. The van der Waals surface area contributed by atoms with E-state index in [1.807, 2.05) is 0 Å². The second-order valence-electron chi connectivity index (χ2n) is 4.60. The van der Waals surface area contributed by atoms with Gasteiger partial charge in [0.25, 0.3) is 0 Å². The summed E-state index contributed by atoms with van der Waals surface area (Å²) >= 11 is 0. The molecule has 1 saturated carbocycles. The molecule has 0 heterocycles. The fourth-order valence-corrected chi connectivity index (χ4v) is 2.75. The van der Waals surface area contributed by atoms with Gasteiger partial charge in [-0.2, -0.15) is 0 Å². The first-order valence-electron chi connectivity index (χ1n) is 5.75. The van der Waals surface area contributed by atoms with Crippen LogP contribution in [-0.4, -0.2) is 58.6 Å². The van der Waals surface area contributed by atoms with Gasteiger partial charge in [-0.3, -0.25) is 4.57 Å². The first kappa shape index (κ1) is 17.0. The monoisotopic (exact) mass is 278 g/mol. The van der Waals surface area contributed by atoms with Crippen molar-refractivity contribution in [3.05, 3.63) is 0 Å². The summed E-state index contributed by atoms with van der Waals surface area (Å²) in [5.74, 6) is 0. The molecule has 0 spiro atoms. The minimum atomic E-state index is -3.06. The van der Waals surface area contributed by atoms with Crippen LogP contribution in [-0.2, 0) is 4.57 Å². The van der Waals surface area contributed by atoms with Crippen molar-refractivity contribution in [3.8, 4) is 0 Å². The third kappa shape index (κ3) is 6.47. The van der Waals surface area contributed by atoms with Crippen molar-refractivity contribution in [2.75, 3.05) is 19.4 Å². The van der Waals surface area contributed by atoms with E-state index in [1.165, 1.54) is 13.1 Å². The summed E-state index contributed by atoms with van der Waals surface area (Å²) in [6, 6.07) is -0.307. The van der Waals surface area contributed by atoms with Gasteiger partial charge >= 0.3 is 6.03 Å². The lowest BCUT2D eigenvalue weighted by Gasteiger charge is -2.33. The number of rotatable bonds is 4. The molecule has 0 aromatic rings. The van der Waals surface area contributed by atoms with Crippen LogP contribution < -0.4 is 5.73 Å². The molecule has 0 bridgehead atoms. The van der Waals surface area contributed by atoms with Crippen molar-refractivity contribution in [1.82, 2.24) is 4.90 Å². The van der Waals surface area contributed by atoms with Gasteiger partial charge in [-0.05, 0) is 12.8 Å². The van der Waals surface area contributed by atoms with Crippen molar-refractivity contribution in [2.24, 2.45) is 5.73 Å². The van der Waals surface area contributed by atoms with Crippen LogP contribution in [0, 0.1) is 0 Å². The molecule has 1 unspecified atom stereocenters. The molecule has 100 valence electrons. The zero-order valence-corrected chi connectivity index (χ0v) is 10.7. The molecule has 7 heteroatoms. The van der Waals surface area contributed by atoms with Gasteiger partial charge in [0.1, 0.15) is 0 Å². The summed E-state index contributed by atoms with van der Waals surface area (Å²) in [5, 5.41) is 0. The van der Waals surface area contributed by atoms with Crippen LogP contribution in [0.2, 0.25) is 0 Å². The molecule has 5 nitrogen and oxygen atoms in total. The molecule has 17 heavy (non-hydrogen) atoms. The summed E-state index contributed by atoms with van der Waals surface area (Å²) in [6.45, 7) is 1.61. The zero-order valence-electron chi connectivity index (χ0n) is 9.76. The van der Waals surface area contributed by atoms with Crippen molar-refractivity contribution >= 4 is 30.8 Å². The van der Waals surface area contributed by atoms with E-state index in [9.17, 15) is 14.3 Å². The number of carbonyl (C=O) groups is 1. The Morgan fingerprint density at radius 3 is 2.35 bits per heavy atom. The van der Waals surface area contributed by atoms with Gasteiger partial charge in [-0.25, -0.2) is 4.79 Å². The summed E-state index contributed by atoms with van der Waals surface area (Å²) in [4.78, 5) is 22.1. The molecule has 0 aromatic carbocycles. The van der Waals surface area contributed by atoms with Crippen molar-refractivity contribution < 1.29 is 14.3 Å². The lowest BCUT2D eigenvalue weighted by molar-refractivity contribution is 0.168. The molecule has 0 aromatic heterocycles. The highest BCUT2D eigenvalue weighted by Crippen LogP contribution is 2.35. The molecule has 1 aliphatic rings. The molecule has 1 aliphatic carbocycles. The molecule has 1 rings (SSSR count). The molecule has 3 N–H and O–H groups in total. The van der Waals surface area contributed by atoms with Crippen molar-refractivity contribution in [3.63, 3.8) is 0 Å². The fraction of sp³-hybridized carbons (Fsp3) is 0.900. The molecule has 2 amide bonds. The van der Waals surface area contributed by atoms with E-state index in [1.54, 1.807) is 4.90 Å². The molecular formula is C10H24AlN2O3P. The number of nitrogens with zero attached hydrogens (tertiary/aromatic N) is 1. The second-order valence-corrected chi connectivity index (χ2v) is 7.15. The average Bonchev–Trinajstić information content (AvgIpc) is 2.17. The number of urea groups is 1. The van der Waals surface area contributed by atoms with Gasteiger partial charge in [0.15, 0.2) is 24.7 Å². The van der Waals surface area contributed by atoms with Crippen LogP contribution in [0.5, 0.6) is 0 Å². The predicted molar refractivity (Wildman–Crippen MR) is 73.7 cm³/mol. The van der Waals surface area contributed by atoms with Gasteiger partial charge < -0.3 is 15.5 Å². The maximum atomic E-state index is 11.3. The molecular weight excluding hydrogens is 254 g/mol. The number of nitrogens with two attached hydrogens (primary N) is 1. The minimum absolute atomic E-state index is 0. The number of primary amides is 1. The fourth-order valence-electron chi connectivity index (χ4n) is 2.16. The van der Waals surface area contributed by atoms with Crippen LogP contribution in [0.3, 0.4) is 0 Å². The Bertz CT molecular complexity index is 289. The largest absolute Gasteiger partial charge is 0.351 e. The van der Waals surface area contributed by atoms with E-state index < -0.39 is 13.4 Å². The summed E-state index contributed by atoms with van der Waals surface area (Å²) in [6.07, 6.45) is 5.47. The minimum Gasteiger partial charge on any atom is -0.351 e. The Hall–Kier alpha value is -0.00753. The van der Waals surface area contributed by atoms with E-state index >= 15 is 0 Å². The molecule has 1 fully saturated rings. The van der Waals surface area contributed by atoms with E-state index in [-0.39, 0.29) is 29.6 Å². The topological polar surface area (TPSA) is 83.6 Å². The Morgan fingerprint density at radius 2 is 1.94 bits per heavy atom. The Labute approximate surface area is 113 Å². The van der Waals surface area contributed by atoms with Crippen LogP contribution in [0.4, 0.5) is 4.79 Å². The second kappa shape index (κ2) is 7.43. The summed E-state index contributed by atoms with van der Waals surface area (Å²) in [7, 11) is -3.06. The van der Waals surface area contributed by atoms with Crippen LogP contribution in [0.15, 0.2) is 0 Å². The third-order valence-corrected chi connectivity index (χ3v) is 4.08. The van der Waals surface area contributed by atoms with E-state index in [0.717, 1.165) is 25.7 Å². The predicted octanol–water partition coefficient (Wildman–Crippen LogP) is 0.416. The summed E-state index contributed by atoms with van der Waals surface area (Å²) < 4.78 is 11.2. The van der Waals surface area contributed by atoms with Crippen LogP contribution >= 0.6 is 7.37 Å². The first-order valence-corrected chi connectivity index (χ1v) is 8.05. The highest BCUT2D eigenvalue weighted by Gasteiger charge is 2.25. The van der Waals surface area contributed by atoms with Crippen LogP contribution in [0.1, 0.15) is 32.1 Å². The van der Waals surface area contributed by atoms with Gasteiger partial charge in [-0.1, -0.05) is 19.3 Å². The normalized spacial score (nSPS) is 20.1. The highest BCUT2D eigenvalue weighted by molar-refractivity contribution is 7.57. The SMILES string of the molecule is CP(=O)(O)CCN(C(N)=O)C1CCCCC1.[AlH3]. The lowest BCUT2D eigenvalue weighted by atomic mass is 9.94. The van der Waals surface area contributed by atoms with Gasteiger partial charge in [0.05, 0.1) is 0 Å². The van der Waals surface area contributed by atoms with E-state index in [4.69, 9.17) is 5.73 Å². The quantitative estimate of drug-likeness (QED) is 0.577. The van der Waals surface area contributed by atoms with Crippen LogP contribution in [0.25, 0.3) is 0 Å². The number of carbonyl (C=O) groups excluding carboxylic acids is 1. The van der Waals surface area contributed by atoms with E-state index in [2.05, 4.69) is 0 Å². The van der Waals surface area contributed by atoms with Gasteiger partial charge in [-0.15, -0.1) is 0 Å². The zero-order chi connectivity index (χ0) is 12.2. The lowest BCUT2D eigenvalue weighted by Crippen LogP contribution is -2.45. The molecule has 0 radical (unpaired) electrons. The molecule has 0 saturated heterocycles. The standard InChI is InChI=1S/C10H21N2O3P.Al.3H/c1-16(14,15)8-7-12(10(11)13)9-5-3-2-4-6-9;;;;/h9H,2-8H2,1H3,(H2,11,13)(H,14,15);;;;. The first-order chi connectivity index (χ1) is 7.40. The van der Waals surface area contributed by atoms with E-state index in [0.29, 0.717) is 6.54 Å². The Kier molecular flexibility index (Phi) is 7.43. The van der Waals surface area contributed by atoms with Gasteiger partial charge in [0, 0.05) is 25.4 Å². The summed E-state index contributed by atoms with van der Waals surface area (Å²) in [5.41, 5.74) is 5.31. The molecule has 0 aliphatic heterocycles. The van der Waals surface area contributed by atoms with Crippen molar-refractivity contribution in [2.45, 2.75) is 38.1 Å². The number of amides is 2. The average molecular weight is 278 g/mol.